The van der Waals surface area contributed by atoms with E-state index in [2.05, 4.69) is 0 Å². The van der Waals surface area contributed by atoms with Crippen molar-refractivity contribution < 1.29 is 28.2 Å². The van der Waals surface area contributed by atoms with Gasteiger partial charge < -0.3 is 18.8 Å². The molecule has 0 N–H and O–H groups in total. The minimum atomic E-state index is -0.706. The summed E-state index contributed by atoms with van der Waals surface area (Å²) < 4.78 is 30.8. The first-order valence-corrected chi connectivity index (χ1v) is 9.68. The Balaban J connectivity index is 1.74. The first-order chi connectivity index (χ1) is 14.8. The van der Waals surface area contributed by atoms with Crippen LogP contribution in [0.2, 0.25) is 0 Å². The SMILES string of the molecule is COc1cccc(OC)c1C(=O)OCC(=O)c1cc(C)n(Cc2ccc(F)cc2)c1C. The van der Waals surface area contributed by atoms with Gasteiger partial charge in [-0.3, -0.25) is 4.79 Å². The van der Waals surface area contributed by atoms with Gasteiger partial charge in [0.15, 0.2) is 6.61 Å². The fraction of sp³-hybridized carbons (Fsp3) is 0.250. The zero-order chi connectivity index (χ0) is 22.5. The molecule has 1 aromatic heterocycles. The molecule has 2 aromatic carbocycles. The van der Waals surface area contributed by atoms with Crippen molar-refractivity contribution in [2.45, 2.75) is 20.4 Å². The van der Waals surface area contributed by atoms with Gasteiger partial charge in [0, 0.05) is 23.5 Å². The summed E-state index contributed by atoms with van der Waals surface area (Å²) in [5, 5.41) is 0. The number of carbonyl (C=O) groups excluding carboxylic acids is 2. The number of ether oxygens (including phenoxy) is 3. The average molecular weight is 425 g/mol. The summed E-state index contributed by atoms with van der Waals surface area (Å²) in [5.74, 6) is -0.721. The number of aromatic nitrogens is 1. The van der Waals surface area contributed by atoms with Crippen molar-refractivity contribution in [2.24, 2.45) is 0 Å². The molecule has 3 aromatic rings. The van der Waals surface area contributed by atoms with Gasteiger partial charge in [0.2, 0.25) is 5.78 Å². The third-order valence-electron chi connectivity index (χ3n) is 5.09. The second kappa shape index (κ2) is 9.47. The normalized spacial score (nSPS) is 10.6. The molecule has 0 aliphatic heterocycles. The highest BCUT2D eigenvalue weighted by Crippen LogP contribution is 2.29. The molecule has 31 heavy (non-hydrogen) atoms. The van der Waals surface area contributed by atoms with Gasteiger partial charge in [0.05, 0.1) is 14.2 Å². The van der Waals surface area contributed by atoms with E-state index in [1.165, 1.54) is 26.4 Å². The van der Waals surface area contributed by atoms with Crippen LogP contribution in [0, 0.1) is 19.7 Å². The van der Waals surface area contributed by atoms with Crippen molar-refractivity contribution in [3.8, 4) is 11.5 Å². The molecular weight excluding hydrogens is 401 g/mol. The number of carbonyl (C=O) groups is 2. The minimum absolute atomic E-state index is 0.127. The monoisotopic (exact) mass is 425 g/mol. The maximum absolute atomic E-state index is 13.2. The maximum Gasteiger partial charge on any atom is 0.346 e. The Kier molecular flexibility index (Phi) is 6.74. The highest BCUT2D eigenvalue weighted by molar-refractivity contribution is 6.01. The van der Waals surface area contributed by atoms with Crippen molar-refractivity contribution in [1.29, 1.82) is 0 Å². The molecule has 7 heteroatoms. The van der Waals surface area contributed by atoms with Gasteiger partial charge in [-0.1, -0.05) is 18.2 Å². The Hall–Kier alpha value is -3.61. The molecule has 0 fully saturated rings. The van der Waals surface area contributed by atoms with Gasteiger partial charge in [-0.2, -0.15) is 0 Å². The van der Waals surface area contributed by atoms with Gasteiger partial charge >= 0.3 is 5.97 Å². The zero-order valence-electron chi connectivity index (χ0n) is 17.9. The largest absolute Gasteiger partial charge is 0.496 e. The average Bonchev–Trinajstić information content (AvgIpc) is 3.06. The molecule has 3 rings (SSSR count). The fourth-order valence-electron chi connectivity index (χ4n) is 3.43. The predicted molar refractivity (Wildman–Crippen MR) is 114 cm³/mol. The van der Waals surface area contributed by atoms with E-state index in [0.29, 0.717) is 23.6 Å². The van der Waals surface area contributed by atoms with Gasteiger partial charge in [0.1, 0.15) is 22.9 Å². The number of methoxy groups -OCH3 is 2. The maximum atomic E-state index is 13.2. The first kappa shape index (κ1) is 22.1. The van der Waals surface area contributed by atoms with E-state index in [1.54, 1.807) is 36.4 Å². The third-order valence-corrected chi connectivity index (χ3v) is 5.09. The molecule has 162 valence electrons. The summed E-state index contributed by atoms with van der Waals surface area (Å²) >= 11 is 0. The molecular formula is C24H24FNO5. The van der Waals surface area contributed by atoms with Crippen LogP contribution in [0.15, 0.2) is 48.5 Å². The smallest absolute Gasteiger partial charge is 0.346 e. The number of hydrogen-bond acceptors (Lipinski definition) is 5. The first-order valence-electron chi connectivity index (χ1n) is 9.68. The van der Waals surface area contributed by atoms with Crippen LogP contribution in [-0.4, -0.2) is 37.1 Å². The quantitative estimate of drug-likeness (QED) is 0.397. The Morgan fingerprint density at radius 1 is 0.968 bits per heavy atom. The van der Waals surface area contributed by atoms with Crippen molar-refractivity contribution >= 4 is 11.8 Å². The third kappa shape index (κ3) is 4.77. The summed E-state index contributed by atoms with van der Waals surface area (Å²) in [6.07, 6.45) is 0. The lowest BCUT2D eigenvalue weighted by Gasteiger charge is -2.12. The van der Waals surface area contributed by atoms with Crippen LogP contribution in [0.25, 0.3) is 0 Å². The van der Waals surface area contributed by atoms with E-state index < -0.39 is 12.6 Å². The number of benzene rings is 2. The topological polar surface area (TPSA) is 66.8 Å². The van der Waals surface area contributed by atoms with Crippen LogP contribution in [0.1, 0.15) is 37.7 Å². The standard InChI is InChI=1S/C24H24FNO5/c1-15-12-19(16(2)26(15)13-17-8-10-18(25)11-9-17)20(27)14-31-24(28)23-21(29-3)6-5-7-22(23)30-4/h5-12H,13-14H2,1-4H3. The molecule has 6 nitrogen and oxygen atoms in total. The zero-order valence-corrected chi connectivity index (χ0v) is 17.9. The minimum Gasteiger partial charge on any atom is -0.496 e. The fourth-order valence-corrected chi connectivity index (χ4v) is 3.43. The number of ketones is 1. The van der Waals surface area contributed by atoms with Crippen LogP contribution in [-0.2, 0) is 11.3 Å². The molecule has 0 unspecified atom stereocenters. The molecule has 0 bridgehead atoms. The molecule has 0 radical (unpaired) electrons. The highest BCUT2D eigenvalue weighted by atomic mass is 19.1. The van der Waals surface area contributed by atoms with Crippen LogP contribution >= 0.6 is 0 Å². The summed E-state index contributed by atoms with van der Waals surface area (Å²) in [6, 6.07) is 12.9. The lowest BCUT2D eigenvalue weighted by atomic mass is 10.1. The summed E-state index contributed by atoms with van der Waals surface area (Å²) in [7, 11) is 2.87. The van der Waals surface area contributed by atoms with Crippen molar-refractivity contribution in [3.63, 3.8) is 0 Å². The van der Waals surface area contributed by atoms with Crippen LogP contribution in [0.3, 0.4) is 0 Å². The Morgan fingerprint density at radius 2 is 1.58 bits per heavy atom. The predicted octanol–water partition coefficient (Wildman–Crippen LogP) is 4.35. The molecule has 1 heterocycles. The summed E-state index contributed by atoms with van der Waals surface area (Å²) in [5.41, 5.74) is 3.14. The molecule has 0 aliphatic carbocycles. The lowest BCUT2D eigenvalue weighted by Crippen LogP contribution is -2.16. The van der Waals surface area contributed by atoms with Gasteiger partial charge in [-0.15, -0.1) is 0 Å². The van der Waals surface area contributed by atoms with E-state index in [1.807, 2.05) is 18.4 Å². The Bertz CT molecular complexity index is 1080. The Labute approximate surface area is 180 Å². The number of Topliss-reactive ketones (excluding diaryl/α,β-unsaturated/α-hetero) is 1. The highest BCUT2D eigenvalue weighted by Gasteiger charge is 2.22. The number of halogens is 1. The molecule has 0 saturated carbocycles. The number of esters is 1. The van der Waals surface area contributed by atoms with Crippen LogP contribution in [0.4, 0.5) is 4.39 Å². The second-order valence-electron chi connectivity index (χ2n) is 7.03. The summed E-state index contributed by atoms with van der Waals surface area (Å²) in [6.45, 7) is 3.80. The van der Waals surface area contributed by atoms with Crippen LogP contribution in [0.5, 0.6) is 11.5 Å². The number of hydrogen-bond donors (Lipinski definition) is 0. The molecule has 0 spiro atoms. The van der Waals surface area contributed by atoms with E-state index in [9.17, 15) is 14.0 Å². The van der Waals surface area contributed by atoms with E-state index in [0.717, 1.165) is 17.0 Å². The van der Waals surface area contributed by atoms with Gasteiger partial charge in [-0.05, 0) is 49.7 Å². The summed E-state index contributed by atoms with van der Waals surface area (Å²) in [4.78, 5) is 25.4. The number of nitrogens with zero attached hydrogens (tertiary/aromatic N) is 1. The van der Waals surface area contributed by atoms with E-state index in [-0.39, 0.29) is 17.2 Å². The number of rotatable bonds is 8. The molecule has 0 atom stereocenters. The van der Waals surface area contributed by atoms with Gasteiger partial charge in [0.25, 0.3) is 0 Å². The van der Waals surface area contributed by atoms with Crippen molar-refractivity contribution in [2.75, 3.05) is 20.8 Å². The Morgan fingerprint density at radius 3 is 2.16 bits per heavy atom. The van der Waals surface area contributed by atoms with Crippen molar-refractivity contribution in [1.82, 2.24) is 4.57 Å². The van der Waals surface area contributed by atoms with E-state index in [4.69, 9.17) is 14.2 Å². The van der Waals surface area contributed by atoms with Crippen LogP contribution < -0.4 is 9.47 Å². The van der Waals surface area contributed by atoms with Crippen molar-refractivity contribution in [3.05, 3.63) is 82.4 Å². The second-order valence-corrected chi connectivity index (χ2v) is 7.03. The number of aryl methyl sites for hydroxylation is 1. The lowest BCUT2D eigenvalue weighted by molar-refractivity contribution is 0.0468. The molecule has 0 amide bonds. The van der Waals surface area contributed by atoms with Gasteiger partial charge in [-0.25, -0.2) is 9.18 Å². The van der Waals surface area contributed by atoms with E-state index >= 15 is 0 Å². The molecule has 0 saturated heterocycles. The molecule has 0 aliphatic rings.